The van der Waals surface area contributed by atoms with Gasteiger partial charge in [0.15, 0.2) is 5.79 Å². The summed E-state index contributed by atoms with van der Waals surface area (Å²) in [6.07, 6.45) is 7.98. The highest BCUT2D eigenvalue weighted by atomic mass is 28.3. The zero-order valence-electron chi connectivity index (χ0n) is 23.2. The molecule has 0 radical (unpaired) electrons. The standard InChI is InChI=1S/C30H45N3O3Si/c1-5-30(35-17-18-36-30)16-10-6-7-13-27(31)28-22-32-29(33(28)23-34-19-20-37(2,3)4)26-15-14-24-11-8-9-12-25(24)21-26/h8-9,11-12,14-15,21-22,27H,5-7,10,13,16-20,23,31H2,1-4H3. The Balaban J connectivity index is 1.43. The molecule has 37 heavy (non-hydrogen) atoms. The second-order valence-corrected chi connectivity index (χ2v) is 17.1. The molecule has 1 fully saturated rings. The average molecular weight is 524 g/mol. The van der Waals surface area contributed by atoms with Crippen molar-refractivity contribution in [3.8, 4) is 11.4 Å². The Bertz CT molecular complexity index is 1130. The molecular formula is C30H45N3O3Si. The molecule has 2 heterocycles. The molecule has 3 aromatic rings. The van der Waals surface area contributed by atoms with Crippen LogP contribution < -0.4 is 5.73 Å². The fourth-order valence-electron chi connectivity index (χ4n) is 5.02. The highest BCUT2D eigenvalue weighted by Crippen LogP contribution is 2.31. The minimum atomic E-state index is -1.16. The Morgan fingerprint density at radius 3 is 2.54 bits per heavy atom. The van der Waals surface area contributed by atoms with Crippen LogP contribution in [0.2, 0.25) is 25.7 Å². The molecule has 0 aliphatic carbocycles. The van der Waals surface area contributed by atoms with Crippen LogP contribution in [0.4, 0.5) is 0 Å². The van der Waals surface area contributed by atoms with E-state index in [0.717, 1.165) is 68.3 Å². The quantitative estimate of drug-likeness (QED) is 0.180. The molecule has 2 aromatic carbocycles. The van der Waals surface area contributed by atoms with Crippen molar-refractivity contribution in [1.29, 1.82) is 0 Å². The zero-order chi connectivity index (χ0) is 26.3. The van der Waals surface area contributed by atoms with Crippen molar-refractivity contribution >= 4 is 18.8 Å². The molecule has 2 N–H and O–H groups in total. The summed E-state index contributed by atoms with van der Waals surface area (Å²) in [5.41, 5.74) is 8.88. The van der Waals surface area contributed by atoms with Crippen LogP contribution in [-0.4, -0.2) is 43.2 Å². The lowest BCUT2D eigenvalue weighted by molar-refractivity contribution is -0.164. The van der Waals surface area contributed by atoms with E-state index < -0.39 is 8.07 Å². The maximum atomic E-state index is 6.75. The second-order valence-electron chi connectivity index (χ2n) is 11.5. The molecule has 0 saturated carbocycles. The zero-order valence-corrected chi connectivity index (χ0v) is 24.2. The van der Waals surface area contributed by atoms with E-state index in [1.165, 1.54) is 10.8 Å². The normalized spacial score (nSPS) is 16.5. The topological polar surface area (TPSA) is 71.5 Å². The number of benzene rings is 2. The minimum Gasteiger partial charge on any atom is -0.361 e. The Morgan fingerprint density at radius 1 is 1.05 bits per heavy atom. The van der Waals surface area contributed by atoms with Crippen molar-refractivity contribution in [2.75, 3.05) is 19.8 Å². The Hall–Kier alpha value is -2.03. The lowest BCUT2D eigenvalue weighted by Gasteiger charge is -2.25. The predicted molar refractivity (Wildman–Crippen MR) is 154 cm³/mol. The monoisotopic (exact) mass is 523 g/mol. The molecule has 1 aromatic heterocycles. The van der Waals surface area contributed by atoms with Crippen LogP contribution in [0.5, 0.6) is 0 Å². The number of hydrogen-bond acceptors (Lipinski definition) is 5. The fraction of sp³-hybridized carbons (Fsp3) is 0.567. The first-order chi connectivity index (χ1) is 17.8. The van der Waals surface area contributed by atoms with Crippen molar-refractivity contribution in [3.63, 3.8) is 0 Å². The van der Waals surface area contributed by atoms with E-state index in [4.69, 9.17) is 24.9 Å². The molecule has 1 saturated heterocycles. The van der Waals surface area contributed by atoms with Gasteiger partial charge in [0.2, 0.25) is 0 Å². The van der Waals surface area contributed by atoms with E-state index in [0.29, 0.717) is 19.9 Å². The highest BCUT2D eigenvalue weighted by Gasteiger charge is 2.33. The number of rotatable bonds is 14. The summed E-state index contributed by atoms with van der Waals surface area (Å²) >= 11 is 0. The molecule has 1 unspecified atom stereocenters. The van der Waals surface area contributed by atoms with Gasteiger partial charge in [-0.1, -0.05) is 75.8 Å². The number of aromatic nitrogens is 2. The fourth-order valence-corrected chi connectivity index (χ4v) is 5.78. The minimum absolute atomic E-state index is 0.0820. The number of ether oxygens (including phenoxy) is 3. The smallest absolute Gasteiger partial charge is 0.168 e. The third kappa shape index (κ3) is 7.51. The molecule has 1 atom stereocenters. The van der Waals surface area contributed by atoms with Gasteiger partial charge in [-0.05, 0) is 42.1 Å². The van der Waals surface area contributed by atoms with Gasteiger partial charge in [0.1, 0.15) is 12.6 Å². The van der Waals surface area contributed by atoms with E-state index in [1.54, 1.807) is 0 Å². The molecule has 1 aliphatic heterocycles. The molecular weight excluding hydrogens is 478 g/mol. The number of hydrogen-bond donors (Lipinski definition) is 1. The summed E-state index contributed by atoms with van der Waals surface area (Å²) in [7, 11) is -1.16. The first-order valence-corrected chi connectivity index (χ1v) is 17.7. The second kappa shape index (κ2) is 12.7. The highest BCUT2D eigenvalue weighted by molar-refractivity contribution is 6.76. The maximum Gasteiger partial charge on any atom is 0.168 e. The summed E-state index contributed by atoms with van der Waals surface area (Å²) in [5.74, 6) is 0.563. The van der Waals surface area contributed by atoms with Crippen LogP contribution >= 0.6 is 0 Å². The summed E-state index contributed by atoms with van der Waals surface area (Å²) in [6.45, 7) is 11.9. The molecule has 6 nitrogen and oxygen atoms in total. The van der Waals surface area contributed by atoms with Gasteiger partial charge < -0.3 is 24.5 Å². The van der Waals surface area contributed by atoms with Crippen LogP contribution in [0.1, 0.15) is 57.2 Å². The van der Waals surface area contributed by atoms with Crippen LogP contribution in [-0.2, 0) is 20.9 Å². The third-order valence-corrected chi connectivity index (χ3v) is 9.12. The van der Waals surface area contributed by atoms with E-state index in [2.05, 4.69) is 73.6 Å². The maximum absolute atomic E-state index is 6.75. The van der Waals surface area contributed by atoms with Crippen molar-refractivity contribution in [1.82, 2.24) is 9.55 Å². The lowest BCUT2D eigenvalue weighted by atomic mass is 10.0. The van der Waals surface area contributed by atoms with Crippen molar-refractivity contribution < 1.29 is 14.2 Å². The van der Waals surface area contributed by atoms with Gasteiger partial charge in [0.25, 0.3) is 0 Å². The summed E-state index contributed by atoms with van der Waals surface area (Å²) in [6, 6.07) is 16.0. The number of unbranched alkanes of at least 4 members (excludes halogenated alkanes) is 2. The van der Waals surface area contributed by atoms with Crippen molar-refractivity contribution in [3.05, 3.63) is 54.4 Å². The van der Waals surface area contributed by atoms with Crippen molar-refractivity contribution in [2.45, 2.75) is 89.7 Å². The van der Waals surface area contributed by atoms with Gasteiger partial charge in [0.05, 0.1) is 25.1 Å². The van der Waals surface area contributed by atoms with Crippen LogP contribution in [0.15, 0.2) is 48.7 Å². The van der Waals surface area contributed by atoms with Crippen LogP contribution in [0, 0.1) is 0 Å². The Morgan fingerprint density at radius 2 is 1.81 bits per heavy atom. The molecule has 4 rings (SSSR count). The predicted octanol–water partition coefficient (Wildman–Crippen LogP) is 7.12. The van der Waals surface area contributed by atoms with Crippen LogP contribution in [0.25, 0.3) is 22.2 Å². The molecule has 7 heteroatoms. The molecule has 0 spiro atoms. The van der Waals surface area contributed by atoms with Gasteiger partial charge in [0, 0.05) is 32.7 Å². The third-order valence-electron chi connectivity index (χ3n) is 7.42. The van der Waals surface area contributed by atoms with E-state index in [-0.39, 0.29) is 11.8 Å². The largest absolute Gasteiger partial charge is 0.361 e. The van der Waals surface area contributed by atoms with Gasteiger partial charge in [-0.2, -0.15) is 0 Å². The number of nitrogens with zero attached hydrogens (tertiary/aromatic N) is 2. The van der Waals surface area contributed by atoms with Gasteiger partial charge in [-0.25, -0.2) is 4.98 Å². The number of nitrogens with two attached hydrogens (primary N) is 1. The molecule has 1 aliphatic rings. The van der Waals surface area contributed by atoms with Gasteiger partial charge in [-0.3, -0.25) is 0 Å². The summed E-state index contributed by atoms with van der Waals surface area (Å²) < 4.78 is 20.1. The molecule has 0 amide bonds. The first-order valence-electron chi connectivity index (χ1n) is 14.0. The van der Waals surface area contributed by atoms with E-state index in [1.807, 2.05) is 6.20 Å². The van der Waals surface area contributed by atoms with Gasteiger partial charge in [-0.15, -0.1) is 0 Å². The van der Waals surface area contributed by atoms with Crippen molar-refractivity contribution in [2.24, 2.45) is 5.73 Å². The van der Waals surface area contributed by atoms with Gasteiger partial charge >= 0.3 is 0 Å². The number of imidazole rings is 1. The van der Waals surface area contributed by atoms with Crippen LogP contribution in [0.3, 0.4) is 0 Å². The SMILES string of the molecule is CCC1(CCCCCC(N)c2cnc(-c3ccc4ccccc4c3)n2COCC[Si](C)(C)C)OCCO1. The summed E-state index contributed by atoms with van der Waals surface area (Å²) in [4.78, 5) is 4.84. The number of fused-ring (bicyclic) bond motifs is 1. The Labute approximate surface area is 223 Å². The Kier molecular flexibility index (Phi) is 9.59. The van der Waals surface area contributed by atoms with E-state index in [9.17, 15) is 0 Å². The summed E-state index contributed by atoms with van der Waals surface area (Å²) in [5, 5.41) is 2.44. The lowest BCUT2D eigenvalue weighted by Crippen LogP contribution is -2.28. The van der Waals surface area contributed by atoms with E-state index >= 15 is 0 Å². The average Bonchev–Trinajstić information content (AvgIpc) is 3.53. The first kappa shape index (κ1) is 28.0. The molecule has 0 bridgehead atoms. The molecule has 202 valence electrons.